The van der Waals surface area contributed by atoms with Gasteiger partial charge in [0.25, 0.3) is 0 Å². The minimum Gasteiger partial charge on any atom is -0.478 e. The van der Waals surface area contributed by atoms with E-state index < -0.39 is 5.97 Å². The van der Waals surface area contributed by atoms with Crippen LogP contribution in [0.25, 0.3) is 0 Å². The zero-order valence-electron chi connectivity index (χ0n) is 9.99. The fraction of sp³-hybridized carbons (Fsp3) is 0.538. The number of rotatable bonds is 2. The predicted molar refractivity (Wildman–Crippen MR) is 65.7 cm³/mol. The van der Waals surface area contributed by atoms with E-state index in [0.29, 0.717) is 0 Å². The molecule has 0 saturated carbocycles. The van der Waals surface area contributed by atoms with Gasteiger partial charge in [-0.3, -0.25) is 4.98 Å². The molecule has 0 aromatic carbocycles. The fourth-order valence-corrected chi connectivity index (χ4v) is 3.32. The second-order valence-corrected chi connectivity index (χ2v) is 5.12. The van der Waals surface area contributed by atoms with Crippen LogP contribution in [0.15, 0.2) is 18.5 Å². The number of piperidine rings is 1. The first-order valence-electron chi connectivity index (χ1n) is 6.30. The van der Waals surface area contributed by atoms with Crippen molar-refractivity contribution in [3.63, 3.8) is 0 Å². The van der Waals surface area contributed by atoms with Gasteiger partial charge in [-0.25, -0.2) is 4.79 Å². The third-order valence-corrected chi connectivity index (χ3v) is 4.01. The largest absolute Gasteiger partial charge is 0.478 e. The average molecular weight is 248 g/mol. The molecule has 3 rings (SSSR count). The molecule has 2 fully saturated rings. The van der Waals surface area contributed by atoms with Crippen molar-refractivity contribution in [3.8, 4) is 0 Å². The Kier molecular flexibility index (Phi) is 2.70. The molecule has 1 aromatic rings. The van der Waals surface area contributed by atoms with Gasteiger partial charge < -0.3 is 15.1 Å². The first kappa shape index (κ1) is 11.5. The van der Waals surface area contributed by atoms with Crippen molar-refractivity contribution in [2.45, 2.75) is 43.9 Å². The second-order valence-electron chi connectivity index (χ2n) is 5.12. The van der Waals surface area contributed by atoms with E-state index in [2.05, 4.69) is 9.88 Å². The van der Waals surface area contributed by atoms with E-state index in [9.17, 15) is 15.0 Å². The number of fused-ring (bicyclic) bond motifs is 2. The van der Waals surface area contributed by atoms with Gasteiger partial charge in [-0.2, -0.15) is 0 Å². The number of anilines is 1. The van der Waals surface area contributed by atoms with Crippen LogP contribution in [0.1, 0.15) is 36.0 Å². The van der Waals surface area contributed by atoms with E-state index in [4.69, 9.17) is 0 Å². The van der Waals surface area contributed by atoms with Gasteiger partial charge in [-0.1, -0.05) is 0 Å². The number of carbonyl (C=O) groups is 1. The Balaban J connectivity index is 1.99. The molecule has 2 saturated heterocycles. The molecule has 0 spiro atoms. The van der Waals surface area contributed by atoms with Crippen LogP contribution in [0.3, 0.4) is 0 Å². The highest BCUT2D eigenvalue weighted by Gasteiger charge is 2.41. The molecule has 5 heteroatoms. The summed E-state index contributed by atoms with van der Waals surface area (Å²) in [5.74, 6) is -0.941. The molecule has 2 bridgehead atoms. The van der Waals surface area contributed by atoms with Crippen LogP contribution in [0.5, 0.6) is 0 Å². The maximum atomic E-state index is 11.2. The number of hydrogen-bond acceptors (Lipinski definition) is 4. The number of aromatic carboxylic acids is 1. The molecular weight excluding hydrogens is 232 g/mol. The third kappa shape index (κ3) is 1.75. The van der Waals surface area contributed by atoms with E-state index >= 15 is 0 Å². The molecule has 0 radical (unpaired) electrons. The van der Waals surface area contributed by atoms with Gasteiger partial charge in [-0.05, 0) is 31.7 Å². The Morgan fingerprint density at radius 3 is 2.61 bits per heavy atom. The van der Waals surface area contributed by atoms with Crippen LogP contribution in [-0.2, 0) is 0 Å². The number of carboxylic acids is 1. The predicted octanol–water partition coefficient (Wildman–Crippen LogP) is 1.27. The van der Waals surface area contributed by atoms with Crippen LogP contribution in [-0.4, -0.2) is 39.4 Å². The molecule has 0 amide bonds. The normalized spacial score (nSPS) is 30.5. The van der Waals surface area contributed by atoms with E-state index in [1.807, 2.05) is 0 Å². The number of carboxylic acid groups (broad SMARTS) is 1. The summed E-state index contributed by atoms with van der Waals surface area (Å²) in [5.41, 5.74) is 1.00. The smallest absolute Gasteiger partial charge is 0.339 e. The van der Waals surface area contributed by atoms with Gasteiger partial charge in [0.05, 0.1) is 11.8 Å². The lowest BCUT2D eigenvalue weighted by molar-refractivity contribution is 0.0696. The van der Waals surface area contributed by atoms with Crippen LogP contribution in [0.2, 0.25) is 0 Å². The molecule has 96 valence electrons. The quantitative estimate of drug-likeness (QED) is 0.824. The third-order valence-electron chi connectivity index (χ3n) is 4.01. The van der Waals surface area contributed by atoms with Crippen LogP contribution in [0.4, 0.5) is 5.69 Å². The Bertz CT molecular complexity index is 463. The maximum Gasteiger partial charge on any atom is 0.339 e. The summed E-state index contributed by atoms with van der Waals surface area (Å²) in [7, 11) is 0. The zero-order valence-corrected chi connectivity index (χ0v) is 9.99. The van der Waals surface area contributed by atoms with Crippen LogP contribution < -0.4 is 4.90 Å². The monoisotopic (exact) mass is 248 g/mol. The van der Waals surface area contributed by atoms with E-state index in [1.165, 1.54) is 6.20 Å². The highest BCUT2D eigenvalue weighted by atomic mass is 16.4. The van der Waals surface area contributed by atoms with Crippen molar-refractivity contribution in [1.82, 2.24) is 4.98 Å². The molecule has 2 aliphatic heterocycles. The average Bonchev–Trinajstić information content (AvgIpc) is 2.61. The Morgan fingerprint density at radius 2 is 2.00 bits per heavy atom. The molecule has 18 heavy (non-hydrogen) atoms. The highest BCUT2D eigenvalue weighted by Crippen LogP contribution is 2.40. The molecular formula is C13H16N2O3. The topological polar surface area (TPSA) is 73.7 Å². The lowest BCUT2D eigenvalue weighted by atomic mass is 9.98. The molecule has 1 aromatic heterocycles. The van der Waals surface area contributed by atoms with E-state index in [0.717, 1.165) is 31.4 Å². The minimum absolute atomic E-state index is 0.242. The van der Waals surface area contributed by atoms with Crippen molar-refractivity contribution in [2.75, 3.05) is 4.90 Å². The molecule has 2 atom stereocenters. The highest BCUT2D eigenvalue weighted by molar-refractivity contribution is 5.94. The van der Waals surface area contributed by atoms with Crippen molar-refractivity contribution in [2.24, 2.45) is 0 Å². The van der Waals surface area contributed by atoms with Crippen molar-refractivity contribution in [3.05, 3.63) is 24.0 Å². The molecule has 3 heterocycles. The SMILES string of the molecule is O=C(O)c1cnccc1N1C2CCC1CC(O)C2. The van der Waals surface area contributed by atoms with Crippen molar-refractivity contribution < 1.29 is 15.0 Å². The lowest BCUT2D eigenvalue weighted by Crippen LogP contribution is -2.45. The molecule has 2 N–H and O–H groups in total. The zero-order chi connectivity index (χ0) is 12.7. The van der Waals surface area contributed by atoms with Gasteiger partial charge in [0, 0.05) is 24.5 Å². The first-order chi connectivity index (χ1) is 8.66. The molecule has 2 aliphatic rings. The van der Waals surface area contributed by atoms with Gasteiger partial charge in [-0.15, -0.1) is 0 Å². The summed E-state index contributed by atoms with van der Waals surface area (Å²) in [6, 6.07) is 2.30. The maximum absolute atomic E-state index is 11.2. The number of aliphatic hydroxyl groups excluding tert-OH is 1. The number of pyridine rings is 1. The number of hydrogen-bond donors (Lipinski definition) is 2. The molecule has 2 unspecified atom stereocenters. The number of aliphatic hydroxyl groups is 1. The van der Waals surface area contributed by atoms with E-state index in [1.54, 1.807) is 12.3 Å². The first-order valence-corrected chi connectivity index (χ1v) is 6.30. The Hall–Kier alpha value is -1.62. The van der Waals surface area contributed by atoms with Gasteiger partial charge in [0.1, 0.15) is 5.56 Å². The summed E-state index contributed by atoms with van der Waals surface area (Å²) in [4.78, 5) is 17.3. The van der Waals surface area contributed by atoms with Crippen molar-refractivity contribution in [1.29, 1.82) is 0 Å². The van der Waals surface area contributed by atoms with Gasteiger partial charge in [0.2, 0.25) is 0 Å². The summed E-state index contributed by atoms with van der Waals surface area (Å²) >= 11 is 0. The van der Waals surface area contributed by atoms with Gasteiger partial charge in [0.15, 0.2) is 0 Å². The second kappa shape index (κ2) is 4.24. The number of nitrogens with zero attached hydrogens (tertiary/aromatic N) is 2. The van der Waals surface area contributed by atoms with Crippen LogP contribution in [0, 0.1) is 0 Å². The summed E-state index contributed by atoms with van der Waals surface area (Å²) in [6.45, 7) is 0. The van der Waals surface area contributed by atoms with Crippen molar-refractivity contribution >= 4 is 11.7 Å². The fourth-order valence-electron chi connectivity index (χ4n) is 3.32. The molecule has 0 aliphatic carbocycles. The number of aromatic nitrogens is 1. The summed E-state index contributed by atoms with van der Waals surface area (Å²) in [6.07, 6.45) is 6.32. The summed E-state index contributed by atoms with van der Waals surface area (Å²) in [5, 5.41) is 19.0. The Morgan fingerprint density at radius 1 is 1.33 bits per heavy atom. The standard InChI is InChI=1S/C13H16N2O3/c16-10-5-8-1-2-9(6-10)15(8)12-3-4-14-7-11(12)13(17)18/h3-4,7-10,16H,1-2,5-6H2,(H,17,18). The Labute approximate surface area is 105 Å². The van der Waals surface area contributed by atoms with Crippen LogP contribution >= 0.6 is 0 Å². The minimum atomic E-state index is -0.941. The van der Waals surface area contributed by atoms with Gasteiger partial charge >= 0.3 is 5.97 Å². The summed E-state index contributed by atoms with van der Waals surface area (Å²) < 4.78 is 0. The molecule has 5 nitrogen and oxygen atoms in total. The lowest BCUT2D eigenvalue weighted by Gasteiger charge is -2.39. The van der Waals surface area contributed by atoms with E-state index in [-0.39, 0.29) is 23.8 Å².